The summed E-state index contributed by atoms with van der Waals surface area (Å²) >= 11 is 1.72. The Morgan fingerprint density at radius 3 is 2.87 bits per heavy atom. The zero-order chi connectivity index (χ0) is 11.3. The molecule has 2 atom stereocenters. The van der Waals surface area contributed by atoms with Gasteiger partial charge in [0, 0.05) is 25.0 Å². The zero-order valence-corrected chi connectivity index (χ0v) is 10.7. The van der Waals surface area contributed by atoms with Crippen molar-refractivity contribution in [3.63, 3.8) is 0 Å². The van der Waals surface area contributed by atoms with Gasteiger partial charge in [-0.15, -0.1) is 11.3 Å². The minimum absolute atomic E-state index is 0.249. The molecule has 0 amide bonds. The van der Waals surface area contributed by atoms with E-state index in [1.54, 1.807) is 18.4 Å². The summed E-state index contributed by atoms with van der Waals surface area (Å²) in [5, 5.41) is 6.64. The van der Waals surface area contributed by atoms with Crippen LogP contribution in [0.2, 0.25) is 0 Å². The number of rotatable bonds is 6. The molecule has 0 saturated heterocycles. The lowest BCUT2D eigenvalue weighted by molar-refractivity contribution is 0.118. The van der Waals surface area contributed by atoms with Gasteiger partial charge in [0.2, 0.25) is 0 Å². The Kier molecular flexibility index (Phi) is 5.22. The number of hydrogen-bond acceptors (Lipinski definition) is 4. The van der Waals surface area contributed by atoms with E-state index in [4.69, 9.17) is 4.74 Å². The molecule has 1 heterocycles. The van der Waals surface area contributed by atoms with E-state index >= 15 is 0 Å². The Hall–Kier alpha value is -0.450. The third-order valence-electron chi connectivity index (χ3n) is 2.39. The molecule has 15 heavy (non-hydrogen) atoms. The van der Waals surface area contributed by atoms with Crippen molar-refractivity contribution in [2.75, 3.05) is 13.7 Å². The molecule has 2 unspecified atom stereocenters. The van der Waals surface area contributed by atoms with Crippen LogP contribution in [0, 0.1) is 0 Å². The Morgan fingerprint density at radius 1 is 1.53 bits per heavy atom. The molecule has 86 valence electrons. The molecule has 0 bridgehead atoms. The fraction of sp³-hybridized carbons (Fsp3) is 0.727. The molecular weight excluding hydrogens is 208 g/mol. The highest BCUT2D eigenvalue weighted by atomic mass is 32.1. The molecule has 4 heteroatoms. The minimum atomic E-state index is 0.249. The third kappa shape index (κ3) is 3.89. The first-order valence-corrected chi connectivity index (χ1v) is 6.25. The van der Waals surface area contributed by atoms with Crippen molar-refractivity contribution in [2.45, 2.75) is 39.3 Å². The van der Waals surface area contributed by atoms with Crippen LogP contribution in [0.4, 0.5) is 0 Å². The van der Waals surface area contributed by atoms with Crippen LogP contribution in [0.15, 0.2) is 5.38 Å². The summed E-state index contributed by atoms with van der Waals surface area (Å²) in [6.45, 7) is 7.29. The summed E-state index contributed by atoms with van der Waals surface area (Å²) < 4.78 is 5.22. The van der Waals surface area contributed by atoms with E-state index < -0.39 is 0 Å². The molecule has 0 radical (unpaired) electrons. The SMILES string of the molecule is CCNC(C)c1csc(CC(C)OC)n1. The van der Waals surface area contributed by atoms with Gasteiger partial charge >= 0.3 is 0 Å². The highest BCUT2D eigenvalue weighted by Gasteiger charge is 2.10. The second-order valence-corrected chi connectivity index (χ2v) is 4.64. The summed E-state index contributed by atoms with van der Waals surface area (Å²) in [5.74, 6) is 0. The Bertz CT molecular complexity index is 288. The van der Waals surface area contributed by atoms with E-state index in [9.17, 15) is 0 Å². The number of nitrogens with zero attached hydrogens (tertiary/aromatic N) is 1. The third-order valence-corrected chi connectivity index (χ3v) is 3.28. The van der Waals surface area contributed by atoms with Crippen molar-refractivity contribution in [1.82, 2.24) is 10.3 Å². The lowest BCUT2D eigenvalue weighted by atomic mass is 10.2. The van der Waals surface area contributed by atoms with Crippen molar-refractivity contribution in [2.24, 2.45) is 0 Å². The molecule has 0 aliphatic rings. The van der Waals surface area contributed by atoms with Crippen LogP contribution in [0.5, 0.6) is 0 Å². The van der Waals surface area contributed by atoms with Crippen molar-refractivity contribution >= 4 is 11.3 Å². The van der Waals surface area contributed by atoms with Crippen LogP contribution >= 0.6 is 11.3 Å². The number of ether oxygens (including phenoxy) is 1. The van der Waals surface area contributed by atoms with Crippen molar-refractivity contribution in [1.29, 1.82) is 0 Å². The summed E-state index contributed by atoms with van der Waals surface area (Å²) in [5.41, 5.74) is 1.14. The number of thiazole rings is 1. The molecule has 1 aromatic heterocycles. The largest absolute Gasteiger partial charge is 0.381 e. The Morgan fingerprint density at radius 2 is 2.27 bits per heavy atom. The van der Waals surface area contributed by atoms with Crippen LogP contribution in [0.1, 0.15) is 37.5 Å². The van der Waals surface area contributed by atoms with Gasteiger partial charge in [-0.25, -0.2) is 4.98 Å². The van der Waals surface area contributed by atoms with E-state index in [0.29, 0.717) is 6.04 Å². The zero-order valence-electron chi connectivity index (χ0n) is 9.91. The van der Waals surface area contributed by atoms with E-state index in [0.717, 1.165) is 23.7 Å². The summed E-state index contributed by atoms with van der Waals surface area (Å²) in [7, 11) is 1.74. The van der Waals surface area contributed by atoms with Crippen molar-refractivity contribution in [3.05, 3.63) is 16.1 Å². The molecule has 0 fully saturated rings. The van der Waals surface area contributed by atoms with E-state index in [1.165, 1.54) is 0 Å². The second-order valence-electron chi connectivity index (χ2n) is 3.70. The van der Waals surface area contributed by atoms with E-state index in [-0.39, 0.29) is 6.10 Å². The van der Waals surface area contributed by atoms with Crippen molar-refractivity contribution < 1.29 is 4.74 Å². The summed E-state index contributed by atoms with van der Waals surface area (Å²) in [6.07, 6.45) is 1.15. The van der Waals surface area contributed by atoms with Crippen LogP contribution in [0.25, 0.3) is 0 Å². The molecule has 1 aromatic rings. The first kappa shape index (κ1) is 12.6. The van der Waals surface area contributed by atoms with Crippen molar-refractivity contribution in [3.8, 4) is 0 Å². The summed E-state index contributed by atoms with van der Waals surface area (Å²) in [6, 6.07) is 0.345. The molecule has 3 nitrogen and oxygen atoms in total. The van der Waals surface area contributed by atoms with Gasteiger partial charge in [0.25, 0.3) is 0 Å². The lowest BCUT2D eigenvalue weighted by Gasteiger charge is -2.09. The van der Waals surface area contributed by atoms with Gasteiger partial charge in [0.1, 0.15) is 0 Å². The van der Waals surface area contributed by atoms with Gasteiger partial charge < -0.3 is 10.1 Å². The van der Waals surface area contributed by atoms with Gasteiger partial charge in [-0.1, -0.05) is 6.92 Å². The summed E-state index contributed by atoms with van der Waals surface area (Å²) in [4.78, 5) is 4.59. The highest BCUT2D eigenvalue weighted by molar-refractivity contribution is 7.09. The van der Waals surface area contributed by atoms with E-state index in [1.807, 2.05) is 0 Å². The maximum atomic E-state index is 5.22. The molecule has 0 spiro atoms. The minimum Gasteiger partial charge on any atom is -0.381 e. The standard InChI is InChI=1S/C11H20N2OS/c1-5-12-9(3)10-7-15-11(13-10)6-8(2)14-4/h7-9,12H,5-6H2,1-4H3. The highest BCUT2D eigenvalue weighted by Crippen LogP contribution is 2.18. The topological polar surface area (TPSA) is 34.1 Å². The predicted molar refractivity (Wildman–Crippen MR) is 64.4 cm³/mol. The smallest absolute Gasteiger partial charge is 0.0954 e. The quantitative estimate of drug-likeness (QED) is 0.812. The van der Waals surface area contributed by atoms with Gasteiger partial charge in [0.15, 0.2) is 0 Å². The van der Waals surface area contributed by atoms with Gasteiger partial charge in [0.05, 0.1) is 16.8 Å². The molecule has 0 saturated carbocycles. The fourth-order valence-electron chi connectivity index (χ4n) is 1.36. The Balaban J connectivity index is 2.55. The average molecular weight is 228 g/mol. The normalized spacial score (nSPS) is 15.2. The lowest BCUT2D eigenvalue weighted by Crippen LogP contribution is -2.18. The number of hydrogen-bond donors (Lipinski definition) is 1. The monoisotopic (exact) mass is 228 g/mol. The molecule has 0 aliphatic heterocycles. The fourth-order valence-corrected chi connectivity index (χ4v) is 2.36. The average Bonchev–Trinajstić information content (AvgIpc) is 2.66. The van der Waals surface area contributed by atoms with Crippen LogP contribution in [-0.2, 0) is 11.2 Å². The first-order valence-electron chi connectivity index (χ1n) is 5.37. The van der Waals surface area contributed by atoms with Gasteiger partial charge in [-0.3, -0.25) is 0 Å². The molecule has 1 rings (SSSR count). The Labute approximate surface area is 95.9 Å². The van der Waals surface area contributed by atoms with Crippen LogP contribution < -0.4 is 5.32 Å². The second kappa shape index (κ2) is 6.20. The van der Waals surface area contributed by atoms with Gasteiger partial charge in [-0.2, -0.15) is 0 Å². The molecule has 1 N–H and O–H groups in total. The predicted octanol–water partition coefficient (Wildman–Crippen LogP) is 2.39. The van der Waals surface area contributed by atoms with E-state index in [2.05, 4.69) is 36.5 Å². The van der Waals surface area contributed by atoms with Gasteiger partial charge in [-0.05, 0) is 20.4 Å². The maximum Gasteiger partial charge on any atom is 0.0954 e. The van der Waals surface area contributed by atoms with Crippen LogP contribution in [-0.4, -0.2) is 24.7 Å². The number of methoxy groups -OCH3 is 1. The molecule has 0 aromatic carbocycles. The number of aromatic nitrogens is 1. The van der Waals surface area contributed by atoms with Crippen LogP contribution in [0.3, 0.4) is 0 Å². The number of nitrogens with one attached hydrogen (secondary N) is 1. The molecule has 0 aliphatic carbocycles. The molecular formula is C11H20N2OS. The maximum absolute atomic E-state index is 5.22. The first-order chi connectivity index (χ1) is 7.17.